The van der Waals surface area contributed by atoms with Gasteiger partial charge in [0.2, 0.25) is 0 Å². The van der Waals surface area contributed by atoms with E-state index in [1.165, 1.54) is 4.90 Å². The molecule has 0 aromatic heterocycles. The van der Waals surface area contributed by atoms with Crippen LogP contribution in [-0.2, 0) is 16.3 Å². The lowest BCUT2D eigenvalue weighted by molar-refractivity contribution is 0.442. The predicted molar refractivity (Wildman–Crippen MR) is 69.0 cm³/mol. The Bertz CT molecular complexity index is 362. The summed E-state index contributed by atoms with van der Waals surface area (Å²) in [5.41, 5.74) is 2.04. The van der Waals surface area contributed by atoms with Gasteiger partial charge in [0.1, 0.15) is 18.3 Å². The average Bonchev–Trinajstić information content (AvgIpc) is 2.06. The Labute approximate surface area is 95.9 Å². The second-order valence-corrected chi connectivity index (χ2v) is 7.31. The Kier molecular flexibility index (Phi) is 3.39. The summed E-state index contributed by atoms with van der Waals surface area (Å²) in [6, 6.07) is 4.24. The molecule has 0 radical (unpaired) electrons. The van der Waals surface area contributed by atoms with Crippen molar-refractivity contribution in [2.75, 3.05) is 12.5 Å². The fourth-order valence-corrected chi connectivity index (χ4v) is 2.32. The quantitative estimate of drug-likeness (QED) is 0.728. The molecule has 0 aliphatic rings. The number of aryl methyl sites for hydroxylation is 1. The predicted octanol–water partition coefficient (Wildman–Crippen LogP) is 3.23. The summed E-state index contributed by atoms with van der Waals surface area (Å²) >= 11 is 0. The van der Waals surface area contributed by atoms with Crippen LogP contribution in [-0.4, -0.2) is 17.6 Å². The van der Waals surface area contributed by atoms with Gasteiger partial charge in [-0.15, -0.1) is 0 Å². The van der Waals surface area contributed by atoms with Crippen molar-refractivity contribution in [1.82, 2.24) is 0 Å². The molecule has 1 aromatic rings. The van der Waals surface area contributed by atoms with Crippen LogP contribution < -0.4 is 0 Å². The Morgan fingerprint density at radius 1 is 1.13 bits per heavy atom. The molecule has 0 heterocycles. The van der Waals surface area contributed by atoms with Gasteiger partial charge in [-0.1, -0.05) is 20.8 Å². The highest BCUT2D eigenvalue weighted by molar-refractivity contribution is 7.95. The molecule has 0 amide bonds. The fourth-order valence-electron chi connectivity index (χ4n) is 1.55. The van der Waals surface area contributed by atoms with Crippen molar-refractivity contribution in [3.05, 3.63) is 23.3 Å². The third kappa shape index (κ3) is 2.69. The highest BCUT2D eigenvalue weighted by Gasteiger charge is 2.23. The van der Waals surface area contributed by atoms with Gasteiger partial charge in [-0.05, 0) is 24.0 Å². The summed E-state index contributed by atoms with van der Waals surface area (Å²) < 4.78 is 0. The van der Waals surface area contributed by atoms with Crippen LogP contribution in [0.2, 0.25) is 0 Å². The molecule has 0 saturated carbocycles. The van der Waals surface area contributed by atoms with E-state index in [2.05, 4.69) is 45.4 Å². The van der Waals surface area contributed by atoms with E-state index in [9.17, 15) is 5.11 Å². The van der Waals surface area contributed by atoms with Crippen LogP contribution >= 0.6 is 0 Å². The molecule has 0 bridgehead atoms. The molecule has 1 N–H and O–H groups in total. The number of hydrogen-bond acceptors (Lipinski definition) is 1. The first-order valence-corrected chi connectivity index (χ1v) is 7.19. The van der Waals surface area contributed by atoms with Crippen LogP contribution in [0.1, 0.15) is 31.9 Å². The average molecular weight is 225 g/mol. The van der Waals surface area contributed by atoms with Crippen LogP contribution in [0.15, 0.2) is 17.0 Å². The first-order chi connectivity index (χ1) is 6.73. The maximum Gasteiger partial charge on any atom is 0.155 e. The van der Waals surface area contributed by atoms with Crippen LogP contribution in [0, 0.1) is 6.92 Å². The number of rotatable bonds is 1. The molecular weight excluding hydrogens is 204 g/mol. The minimum atomic E-state index is 0.00419. The summed E-state index contributed by atoms with van der Waals surface area (Å²) in [6.45, 7) is 8.37. The Balaban J connectivity index is 3.38. The van der Waals surface area contributed by atoms with E-state index in [1.54, 1.807) is 0 Å². The van der Waals surface area contributed by atoms with Gasteiger partial charge in [-0.3, -0.25) is 0 Å². The summed E-state index contributed by atoms with van der Waals surface area (Å²) in [4.78, 5) is 1.33. The van der Waals surface area contributed by atoms with Crippen LogP contribution in [0.3, 0.4) is 0 Å². The van der Waals surface area contributed by atoms with Crippen LogP contribution in [0.4, 0.5) is 0 Å². The standard InChI is InChI=1S/C13H20OS/c1-9-7-10(15(5)6)8-11(12(9)14)13(2,3)4/h7-8H,1-6H3/p+1. The zero-order valence-electron chi connectivity index (χ0n) is 10.5. The number of aromatic hydroxyl groups is 1. The molecule has 0 saturated heterocycles. The normalized spacial score (nSPS) is 12.2. The SMILES string of the molecule is Cc1cc([S+](C)C)cc(C(C)(C)C)c1O. The zero-order chi connectivity index (χ0) is 11.8. The van der Waals surface area contributed by atoms with Crippen molar-refractivity contribution in [3.63, 3.8) is 0 Å². The largest absolute Gasteiger partial charge is 0.507 e. The molecule has 1 aromatic carbocycles. The van der Waals surface area contributed by atoms with Crippen molar-refractivity contribution in [2.45, 2.75) is 38.0 Å². The van der Waals surface area contributed by atoms with E-state index in [1.807, 2.05) is 6.92 Å². The van der Waals surface area contributed by atoms with Crippen molar-refractivity contribution in [1.29, 1.82) is 0 Å². The Hall–Kier alpha value is -0.630. The van der Waals surface area contributed by atoms with Gasteiger partial charge in [0.15, 0.2) is 4.90 Å². The van der Waals surface area contributed by atoms with Crippen molar-refractivity contribution >= 4 is 10.9 Å². The molecule has 15 heavy (non-hydrogen) atoms. The highest BCUT2D eigenvalue weighted by Crippen LogP contribution is 2.35. The molecule has 0 fully saturated rings. The van der Waals surface area contributed by atoms with E-state index in [4.69, 9.17) is 0 Å². The zero-order valence-corrected chi connectivity index (χ0v) is 11.3. The van der Waals surface area contributed by atoms with Gasteiger partial charge in [0, 0.05) is 22.5 Å². The van der Waals surface area contributed by atoms with E-state index in [0.29, 0.717) is 5.75 Å². The van der Waals surface area contributed by atoms with E-state index < -0.39 is 0 Å². The van der Waals surface area contributed by atoms with Crippen molar-refractivity contribution in [3.8, 4) is 5.75 Å². The van der Waals surface area contributed by atoms with Gasteiger partial charge in [0.05, 0.1) is 0 Å². The molecule has 0 spiro atoms. The fraction of sp³-hybridized carbons (Fsp3) is 0.538. The summed E-state index contributed by atoms with van der Waals surface area (Å²) in [5.74, 6) is 0.455. The minimum Gasteiger partial charge on any atom is -0.507 e. The molecule has 84 valence electrons. The lowest BCUT2D eigenvalue weighted by atomic mass is 9.85. The Morgan fingerprint density at radius 3 is 2.07 bits per heavy atom. The second-order valence-electron chi connectivity index (χ2n) is 5.20. The molecule has 2 heteroatoms. The smallest absolute Gasteiger partial charge is 0.155 e. The molecule has 1 rings (SSSR count). The van der Waals surface area contributed by atoms with Gasteiger partial charge < -0.3 is 5.11 Å². The molecular formula is C13H21OS+. The summed E-state index contributed by atoms with van der Waals surface area (Å²) in [7, 11) is 0.246. The second kappa shape index (κ2) is 4.09. The number of benzene rings is 1. The monoisotopic (exact) mass is 225 g/mol. The van der Waals surface area contributed by atoms with Gasteiger partial charge >= 0.3 is 0 Å². The lowest BCUT2D eigenvalue weighted by Gasteiger charge is -2.21. The maximum absolute atomic E-state index is 10.0. The van der Waals surface area contributed by atoms with Gasteiger partial charge in [-0.2, -0.15) is 0 Å². The topological polar surface area (TPSA) is 20.2 Å². The third-order valence-corrected chi connectivity index (χ3v) is 3.73. The minimum absolute atomic E-state index is 0.00419. The van der Waals surface area contributed by atoms with Crippen LogP contribution in [0.25, 0.3) is 0 Å². The van der Waals surface area contributed by atoms with Gasteiger partial charge in [-0.25, -0.2) is 0 Å². The molecule has 0 aliphatic heterocycles. The number of phenolic OH excluding ortho intramolecular Hbond substituents is 1. The first kappa shape index (κ1) is 12.4. The van der Waals surface area contributed by atoms with E-state index >= 15 is 0 Å². The number of hydrogen-bond donors (Lipinski definition) is 1. The lowest BCUT2D eigenvalue weighted by Crippen LogP contribution is -2.13. The highest BCUT2D eigenvalue weighted by atomic mass is 32.2. The first-order valence-electron chi connectivity index (χ1n) is 5.15. The Morgan fingerprint density at radius 2 is 1.67 bits per heavy atom. The summed E-state index contributed by atoms with van der Waals surface area (Å²) in [6.07, 6.45) is 4.41. The van der Waals surface area contributed by atoms with Crippen molar-refractivity contribution < 1.29 is 5.11 Å². The molecule has 0 atom stereocenters. The van der Waals surface area contributed by atoms with Gasteiger partial charge in [0.25, 0.3) is 0 Å². The summed E-state index contributed by atoms with van der Waals surface area (Å²) in [5, 5.41) is 10.0. The third-order valence-electron chi connectivity index (χ3n) is 2.55. The maximum atomic E-state index is 10.0. The molecule has 0 aliphatic carbocycles. The molecule has 0 unspecified atom stereocenters. The number of phenols is 1. The molecule has 1 nitrogen and oxygen atoms in total. The van der Waals surface area contributed by atoms with E-state index in [-0.39, 0.29) is 16.3 Å². The van der Waals surface area contributed by atoms with Crippen molar-refractivity contribution in [2.24, 2.45) is 0 Å². The van der Waals surface area contributed by atoms with Crippen LogP contribution in [0.5, 0.6) is 5.75 Å². The van der Waals surface area contributed by atoms with E-state index in [0.717, 1.165) is 11.1 Å².